The van der Waals surface area contributed by atoms with E-state index in [-0.39, 0.29) is 36.2 Å². The van der Waals surface area contributed by atoms with Crippen molar-refractivity contribution in [3.8, 4) is 0 Å². The first-order valence-corrected chi connectivity index (χ1v) is 19.9. The Hall–Kier alpha value is -1.87. The number of hydrogen-bond acceptors (Lipinski definition) is 8. The van der Waals surface area contributed by atoms with Gasteiger partial charge < -0.3 is 25.2 Å². The van der Waals surface area contributed by atoms with Gasteiger partial charge >= 0.3 is 5.97 Å². The first-order valence-electron chi connectivity index (χ1n) is 19.9. The average Bonchev–Trinajstić information content (AvgIpc) is 3.34. The van der Waals surface area contributed by atoms with E-state index < -0.39 is 52.9 Å². The average molecular weight is 687 g/mol. The number of aliphatic hydroxyl groups excluding tert-OH is 3. The second kappa shape index (κ2) is 18.1. The number of hydrogen-bond donors (Lipinski definition) is 4. The molecule has 0 bridgehead atoms. The third-order valence-electron chi connectivity index (χ3n) is 13.2. The molecule has 0 aromatic heterocycles. The van der Waals surface area contributed by atoms with E-state index in [4.69, 9.17) is 4.74 Å². The highest BCUT2D eigenvalue weighted by Gasteiger charge is 2.69. The van der Waals surface area contributed by atoms with Gasteiger partial charge in [-0.3, -0.25) is 9.59 Å². The van der Waals surface area contributed by atoms with Gasteiger partial charge in [0.15, 0.2) is 11.6 Å². The summed E-state index contributed by atoms with van der Waals surface area (Å²) in [6.45, 7) is 5.22. The first-order chi connectivity index (χ1) is 23.4. The maximum Gasteiger partial charge on any atom is 0.336 e. The quantitative estimate of drug-likeness (QED) is 0.0721. The molecule has 1 unspecified atom stereocenters. The molecule has 8 atom stereocenters. The summed E-state index contributed by atoms with van der Waals surface area (Å²) in [7, 11) is 0. The van der Waals surface area contributed by atoms with Crippen molar-refractivity contribution in [2.24, 2.45) is 28.6 Å². The molecule has 4 N–H and O–H groups in total. The lowest BCUT2D eigenvalue weighted by Crippen LogP contribution is -2.63. The van der Waals surface area contributed by atoms with Gasteiger partial charge in [-0.05, 0) is 63.4 Å². The summed E-state index contributed by atoms with van der Waals surface area (Å²) in [4.78, 5) is 38.4. The van der Waals surface area contributed by atoms with Gasteiger partial charge in [-0.15, -0.1) is 0 Å². The lowest BCUT2D eigenvalue weighted by Gasteiger charge is -2.60. The zero-order chi connectivity index (χ0) is 35.7. The number of rotatable bonds is 21. The van der Waals surface area contributed by atoms with Crippen molar-refractivity contribution in [3.63, 3.8) is 0 Å². The maximum atomic E-state index is 13.8. The van der Waals surface area contributed by atoms with Gasteiger partial charge in [-0.2, -0.15) is 0 Å². The predicted molar refractivity (Wildman–Crippen MR) is 190 cm³/mol. The van der Waals surface area contributed by atoms with Gasteiger partial charge in [0.2, 0.25) is 0 Å². The summed E-state index contributed by atoms with van der Waals surface area (Å²) in [6, 6.07) is 0. The zero-order valence-corrected chi connectivity index (χ0v) is 30.7. The van der Waals surface area contributed by atoms with Crippen LogP contribution in [-0.4, -0.2) is 62.4 Å². The minimum absolute atomic E-state index is 0.0941. The molecule has 0 saturated heterocycles. The van der Waals surface area contributed by atoms with E-state index in [9.17, 15) is 34.8 Å². The number of ketones is 2. The van der Waals surface area contributed by atoms with Crippen LogP contribution in [0.1, 0.15) is 162 Å². The van der Waals surface area contributed by atoms with E-state index in [0.717, 1.165) is 24.8 Å². The van der Waals surface area contributed by atoms with Crippen molar-refractivity contribution in [1.82, 2.24) is 0 Å². The monoisotopic (exact) mass is 686 g/mol. The second-order valence-corrected chi connectivity index (χ2v) is 16.3. The van der Waals surface area contributed by atoms with Gasteiger partial charge in [0.05, 0.1) is 11.5 Å². The summed E-state index contributed by atoms with van der Waals surface area (Å²) in [5, 5.41) is 44.3. The van der Waals surface area contributed by atoms with Crippen molar-refractivity contribution in [3.05, 3.63) is 23.5 Å². The molecule has 8 nitrogen and oxygen atoms in total. The third-order valence-corrected chi connectivity index (χ3v) is 13.2. The minimum Gasteiger partial charge on any atom is -0.428 e. The van der Waals surface area contributed by atoms with Crippen molar-refractivity contribution in [1.29, 1.82) is 0 Å². The first kappa shape index (κ1) is 39.9. The number of ether oxygens (including phenoxy) is 1. The van der Waals surface area contributed by atoms with E-state index in [2.05, 4.69) is 6.92 Å². The highest BCUT2D eigenvalue weighted by Crippen LogP contribution is 2.68. The smallest absolute Gasteiger partial charge is 0.336 e. The third kappa shape index (κ3) is 8.78. The second-order valence-electron chi connectivity index (χ2n) is 16.3. The van der Waals surface area contributed by atoms with E-state index in [0.29, 0.717) is 25.7 Å². The molecule has 3 fully saturated rings. The molecule has 0 heterocycles. The molecule has 0 radical (unpaired) electrons. The molecule has 0 aromatic carbocycles. The molecule has 4 aliphatic rings. The lowest BCUT2D eigenvalue weighted by atomic mass is 9.45. The molecular weight excluding hydrogens is 620 g/mol. The van der Waals surface area contributed by atoms with Gasteiger partial charge in [-0.1, -0.05) is 122 Å². The Morgan fingerprint density at radius 1 is 0.878 bits per heavy atom. The zero-order valence-electron chi connectivity index (χ0n) is 30.7. The van der Waals surface area contributed by atoms with Crippen molar-refractivity contribution in [2.75, 3.05) is 6.61 Å². The highest BCUT2D eigenvalue weighted by molar-refractivity contribution is 6.02. The molecule has 0 amide bonds. The van der Waals surface area contributed by atoms with Crippen LogP contribution in [0, 0.1) is 28.6 Å². The Morgan fingerprint density at radius 2 is 1.43 bits per heavy atom. The van der Waals surface area contributed by atoms with Crippen molar-refractivity contribution >= 4 is 17.5 Å². The van der Waals surface area contributed by atoms with Crippen molar-refractivity contribution < 1.29 is 39.5 Å². The fourth-order valence-electron chi connectivity index (χ4n) is 10.4. The molecule has 8 heteroatoms. The van der Waals surface area contributed by atoms with Gasteiger partial charge in [0.25, 0.3) is 0 Å². The lowest BCUT2D eigenvalue weighted by molar-refractivity contribution is -0.186. The molecule has 4 rings (SSSR count). The van der Waals surface area contributed by atoms with Crippen LogP contribution in [0.3, 0.4) is 0 Å². The molecule has 3 saturated carbocycles. The Morgan fingerprint density at radius 3 is 1.98 bits per heavy atom. The topological polar surface area (TPSA) is 141 Å². The van der Waals surface area contributed by atoms with Crippen LogP contribution in [0.5, 0.6) is 0 Å². The number of aliphatic hydroxyl groups is 4. The summed E-state index contributed by atoms with van der Waals surface area (Å²) in [6.07, 6.45) is 23.3. The summed E-state index contributed by atoms with van der Waals surface area (Å²) in [5.41, 5.74) is -2.80. The van der Waals surface area contributed by atoms with Crippen LogP contribution >= 0.6 is 0 Å². The van der Waals surface area contributed by atoms with Crippen LogP contribution in [0.25, 0.3) is 0 Å². The van der Waals surface area contributed by atoms with E-state index in [1.165, 1.54) is 89.5 Å². The van der Waals surface area contributed by atoms with Crippen LogP contribution in [0.4, 0.5) is 0 Å². The molecule has 0 spiro atoms. The minimum atomic E-state index is -1.74. The Balaban J connectivity index is 1.23. The SMILES string of the molecule is CCCCCCCCCCCCCCCCCCC(O)C(=O)[C@@]1(O)CC[C@H]2[C@@H]3CCC4=CC(=O)C=C(OC(=O)CO)[C@]4(C)[C@H]3[C@@H](O)C[C@@]21C. The number of carbonyl (C=O) groups excluding carboxylic acids is 3. The number of esters is 1. The van der Waals surface area contributed by atoms with Crippen LogP contribution in [0.15, 0.2) is 23.5 Å². The number of Topliss-reactive ketones (excluding diaryl/α,β-unsaturated/α-hetero) is 1. The fourth-order valence-corrected chi connectivity index (χ4v) is 10.4. The van der Waals surface area contributed by atoms with Crippen molar-refractivity contribution in [2.45, 2.75) is 180 Å². The van der Waals surface area contributed by atoms with Crippen LogP contribution in [0.2, 0.25) is 0 Å². The van der Waals surface area contributed by atoms with Gasteiger partial charge in [0.1, 0.15) is 24.1 Å². The standard InChI is InChI=1S/C41H66O8/c1-4-5-6-7-8-9-10-11-12-13-14-15-16-17-18-19-20-33(44)38(47)41(48)24-23-32-31-22-21-29-25-30(43)26-35(49-36(46)28-42)40(29,3)37(31)34(45)27-39(32,41)2/h25-26,31-34,37,42,44-45,48H,4-24,27-28H2,1-3H3/t31-,32-,33?,34-,37+,39-,40+,41-/m0/s1. The Labute approximate surface area is 295 Å². The van der Waals surface area contributed by atoms with Gasteiger partial charge in [0, 0.05) is 17.4 Å². The largest absolute Gasteiger partial charge is 0.428 e. The molecule has 4 aliphatic carbocycles. The number of carbonyl (C=O) groups is 3. The molecule has 0 aromatic rings. The highest BCUT2D eigenvalue weighted by atomic mass is 16.5. The molecule has 278 valence electrons. The molecule has 49 heavy (non-hydrogen) atoms. The fraction of sp³-hybridized carbons (Fsp3) is 0.829. The van der Waals surface area contributed by atoms with E-state index in [1.54, 1.807) is 6.08 Å². The summed E-state index contributed by atoms with van der Waals surface area (Å²) >= 11 is 0. The van der Waals surface area contributed by atoms with Crippen LogP contribution in [-0.2, 0) is 19.1 Å². The molecular formula is C41H66O8. The molecule has 0 aliphatic heterocycles. The number of allylic oxidation sites excluding steroid dienone is 3. The normalized spacial score (nSPS) is 32.8. The number of fused-ring (bicyclic) bond motifs is 5. The van der Waals surface area contributed by atoms with E-state index in [1.807, 2.05) is 13.8 Å². The number of unbranched alkanes of at least 4 members (excludes halogenated alkanes) is 15. The Bertz CT molecular complexity index is 1190. The maximum absolute atomic E-state index is 13.8. The Kier molecular flexibility index (Phi) is 14.7. The summed E-state index contributed by atoms with van der Waals surface area (Å²) in [5.74, 6) is -2.12. The van der Waals surface area contributed by atoms with E-state index >= 15 is 0 Å². The van der Waals surface area contributed by atoms with Gasteiger partial charge in [-0.25, -0.2) is 4.79 Å². The predicted octanol–water partition coefficient (Wildman–Crippen LogP) is 7.44. The summed E-state index contributed by atoms with van der Waals surface area (Å²) < 4.78 is 5.50. The van der Waals surface area contributed by atoms with Crippen LogP contribution < -0.4 is 0 Å².